The van der Waals surface area contributed by atoms with Crippen molar-refractivity contribution in [2.75, 3.05) is 22.6 Å². The summed E-state index contributed by atoms with van der Waals surface area (Å²) in [5.74, 6) is -0.425. The molecule has 0 heterocycles. The van der Waals surface area contributed by atoms with Gasteiger partial charge in [-0.15, -0.1) is 0 Å². The Labute approximate surface area is 202 Å². The molecule has 0 aromatic heterocycles. The first kappa shape index (κ1) is 25.0. The van der Waals surface area contributed by atoms with E-state index in [1.807, 2.05) is 30.3 Å². The molecule has 180 valence electrons. The minimum Gasteiger partial charge on any atom is -0.457 e. The molecule has 3 aromatic carbocycles. The molecule has 0 fully saturated rings. The molecule has 0 aliphatic carbocycles. The molecule has 0 aliphatic heterocycles. The van der Waals surface area contributed by atoms with E-state index in [-0.39, 0.29) is 24.7 Å². The zero-order valence-corrected chi connectivity index (χ0v) is 19.1. The molecule has 35 heavy (non-hydrogen) atoms. The Morgan fingerprint density at radius 2 is 1.14 bits per heavy atom. The van der Waals surface area contributed by atoms with Crippen molar-refractivity contribution in [1.82, 2.24) is 0 Å². The van der Waals surface area contributed by atoms with Crippen molar-refractivity contribution in [3.05, 3.63) is 78.9 Å². The maximum atomic E-state index is 12.0. The number of carbonyl (C=O) groups is 4. The second kappa shape index (κ2) is 12.5. The van der Waals surface area contributed by atoms with Gasteiger partial charge in [-0.1, -0.05) is 18.2 Å². The lowest BCUT2D eigenvalue weighted by Gasteiger charge is -2.09. The Kier molecular flexibility index (Phi) is 8.95. The number of para-hydroxylation sites is 1. The van der Waals surface area contributed by atoms with Crippen LogP contribution in [0.4, 0.5) is 17.1 Å². The summed E-state index contributed by atoms with van der Waals surface area (Å²) in [4.78, 5) is 47.0. The molecule has 9 nitrogen and oxygen atoms in total. The summed E-state index contributed by atoms with van der Waals surface area (Å²) in [7, 11) is 0. The van der Waals surface area contributed by atoms with Crippen molar-refractivity contribution in [3.8, 4) is 11.5 Å². The Morgan fingerprint density at radius 1 is 0.629 bits per heavy atom. The lowest BCUT2D eigenvalue weighted by molar-refractivity contribution is -0.147. The topological polar surface area (TPSA) is 123 Å². The van der Waals surface area contributed by atoms with Crippen molar-refractivity contribution in [2.45, 2.75) is 19.8 Å². The number of nitrogens with one attached hydrogen (secondary N) is 3. The summed E-state index contributed by atoms with van der Waals surface area (Å²) in [5.41, 5.74) is 1.65. The van der Waals surface area contributed by atoms with E-state index in [1.165, 1.54) is 6.92 Å². The number of ether oxygens (including phenoxy) is 2. The van der Waals surface area contributed by atoms with Crippen LogP contribution in [0.5, 0.6) is 11.5 Å². The highest BCUT2D eigenvalue weighted by Gasteiger charge is 2.11. The van der Waals surface area contributed by atoms with Crippen LogP contribution in [0.3, 0.4) is 0 Å². The molecule has 0 atom stereocenters. The van der Waals surface area contributed by atoms with Gasteiger partial charge in [-0.3, -0.25) is 19.2 Å². The van der Waals surface area contributed by atoms with Crippen LogP contribution in [0, 0.1) is 0 Å². The Hall–Kier alpha value is -4.66. The lowest BCUT2D eigenvalue weighted by Crippen LogP contribution is -2.21. The van der Waals surface area contributed by atoms with Crippen molar-refractivity contribution in [2.24, 2.45) is 0 Å². The minimum atomic E-state index is -0.664. The van der Waals surface area contributed by atoms with E-state index in [1.54, 1.807) is 48.5 Å². The van der Waals surface area contributed by atoms with E-state index in [4.69, 9.17) is 9.47 Å². The van der Waals surface area contributed by atoms with Gasteiger partial charge in [0.2, 0.25) is 11.8 Å². The van der Waals surface area contributed by atoms with Gasteiger partial charge in [0, 0.05) is 30.4 Å². The summed E-state index contributed by atoms with van der Waals surface area (Å²) in [5, 5.41) is 7.89. The van der Waals surface area contributed by atoms with Gasteiger partial charge in [-0.05, 0) is 60.7 Å². The van der Waals surface area contributed by atoms with Crippen molar-refractivity contribution < 1.29 is 28.7 Å². The highest BCUT2D eigenvalue weighted by Crippen LogP contribution is 2.22. The van der Waals surface area contributed by atoms with Gasteiger partial charge in [0.1, 0.15) is 11.5 Å². The van der Waals surface area contributed by atoms with Gasteiger partial charge in [-0.25, -0.2) is 0 Å². The maximum absolute atomic E-state index is 12.0. The Bertz CT molecular complexity index is 1160. The fraction of sp³-hybridized carbons (Fsp3) is 0.154. The molecule has 0 bridgehead atoms. The van der Waals surface area contributed by atoms with Gasteiger partial charge in [-0.2, -0.15) is 0 Å². The Morgan fingerprint density at radius 3 is 1.74 bits per heavy atom. The Balaban J connectivity index is 1.34. The lowest BCUT2D eigenvalue weighted by atomic mass is 10.2. The first-order chi connectivity index (χ1) is 16.9. The first-order valence-corrected chi connectivity index (χ1v) is 10.8. The smallest absolute Gasteiger partial charge is 0.306 e. The van der Waals surface area contributed by atoms with Crippen LogP contribution in [0.1, 0.15) is 19.8 Å². The van der Waals surface area contributed by atoms with E-state index in [2.05, 4.69) is 16.0 Å². The van der Waals surface area contributed by atoms with Crippen molar-refractivity contribution in [3.63, 3.8) is 0 Å². The number of amides is 3. The standard InChI is InChI=1S/C26H25N3O6/c1-18(30)27-19-7-9-20(10-8-19)28-24(31)15-16-26(33)34-17-25(32)29-21-11-13-23(14-12-21)35-22-5-3-2-4-6-22/h2-14H,15-17H2,1H3,(H,27,30)(H,28,31)(H,29,32). The number of carbonyl (C=O) groups excluding carboxylic acids is 4. The third kappa shape index (κ3) is 9.01. The quantitative estimate of drug-likeness (QED) is 0.375. The largest absolute Gasteiger partial charge is 0.457 e. The number of anilines is 3. The molecule has 0 unspecified atom stereocenters. The van der Waals surface area contributed by atoms with Crippen LogP contribution in [0.2, 0.25) is 0 Å². The predicted molar refractivity (Wildman–Crippen MR) is 131 cm³/mol. The molecule has 0 spiro atoms. The number of hydrogen-bond acceptors (Lipinski definition) is 6. The van der Waals surface area contributed by atoms with Crippen LogP contribution < -0.4 is 20.7 Å². The van der Waals surface area contributed by atoms with Gasteiger partial charge in [0.05, 0.1) is 6.42 Å². The summed E-state index contributed by atoms with van der Waals surface area (Å²) in [6.45, 7) is 0.936. The highest BCUT2D eigenvalue weighted by atomic mass is 16.5. The van der Waals surface area contributed by atoms with Crippen molar-refractivity contribution >= 4 is 40.8 Å². The zero-order chi connectivity index (χ0) is 25.0. The molecule has 0 saturated carbocycles. The highest BCUT2D eigenvalue weighted by molar-refractivity contribution is 5.95. The monoisotopic (exact) mass is 475 g/mol. The molecule has 3 amide bonds. The van der Waals surface area contributed by atoms with Crippen LogP contribution >= 0.6 is 0 Å². The second-order valence-corrected chi connectivity index (χ2v) is 7.46. The number of esters is 1. The number of hydrogen-bond donors (Lipinski definition) is 3. The number of rotatable bonds is 10. The average molecular weight is 476 g/mol. The van der Waals surface area contributed by atoms with Crippen LogP contribution in [0.15, 0.2) is 78.9 Å². The third-order valence-electron chi connectivity index (χ3n) is 4.53. The summed E-state index contributed by atoms with van der Waals surface area (Å²) < 4.78 is 10.6. The van der Waals surface area contributed by atoms with Crippen LogP contribution in [-0.2, 0) is 23.9 Å². The van der Waals surface area contributed by atoms with E-state index in [0.29, 0.717) is 28.6 Å². The molecule has 0 radical (unpaired) electrons. The fourth-order valence-corrected chi connectivity index (χ4v) is 2.93. The third-order valence-corrected chi connectivity index (χ3v) is 4.53. The average Bonchev–Trinajstić information content (AvgIpc) is 2.84. The normalized spacial score (nSPS) is 10.1. The van der Waals surface area contributed by atoms with Crippen LogP contribution in [-0.4, -0.2) is 30.3 Å². The second-order valence-electron chi connectivity index (χ2n) is 7.46. The maximum Gasteiger partial charge on any atom is 0.306 e. The molecule has 3 aromatic rings. The molecular formula is C26H25N3O6. The minimum absolute atomic E-state index is 0.100. The summed E-state index contributed by atoms with van der Waals surface area (Å²) >= 11 is 0. The predicted octanol–water partition coefficient (Wildman–Crippen LogP) is 4.34. The van der Waals surface area contributed by atoms with Gasteiger partial charge < -0.3 is 25.4 Å². The molecule has 3 N–H and O–H groups in total. The molecule has 0 aliphatic rings. The van der Waals surface area contributed by atoms with Gasteiger partial charge >= 0.3 is 5.97 Å². The fourth-order valence-electron chi connectivity index (χ4n) is 2.93. The first-order valence-electron chi connectivity index (χ1n) is 10.8. The van der Waals surface area contributed by atoms with E-state index in [9.17, 15) is 19.2 Å². The van der Waals surface area contributed by atoms with E-state index in [0.717, 1.165) is 0 Å². The van der Waals surface area contributed by atoms with Crippen LogP contribution in [0.25, 0.3) is 0 Å². The number of benzene rings is 3. The van der Waals surface area contributed by atoms with E-state index < -0.39 is 18.5 Å². The zero-order valence-electron chi connectivity index (χ0n) is 19.1. The summed E-state index contributed by atoms with van der Waals surface area (Å²) in [6.07, 6.45) is -0.272. The summed E-state index contributed by atoms with van der Waals surface area (Å²) in [6, 6.07) is 22.6. The van der Waals surface area contributed by atoms with Gasteiger partial charge in [0.25, 0.3) is 5.91 Å². The molecular weight excluding hydrogens is 450 g/mol. The van der Waals surface area contributed by atoms with E-state index >= 15 is 0 Å². The SMILES string of the molecule is CC(=O)Nc1ccc(NC(=O)CCC(=O)OCC(=O)Nc2ccc(Oc3ccccc3)cc2)cc1. The molecule has 0 saturated heterocycles. The molecule has 9 heteroatoms. The van der Waals surface area contributed by atoms with Crippen molar-refractivity contribution in [1.29, 1.82) is 0 Å². The molecule has 3 rings (SSSR count). The van der Waals surface area contributed by atoms with Gasteiger partial charge in [0.15, 0.2) is 6.61 Å².